The number of esters is 1. The van der Waals surface area contributed by atoms with Gasteiger partial charge in [0.25, 0.3) is 0 Å². The van der Waals surface area contributed by atoms with Crippen molar-refractivity contribution in [2.75, 3.05) is 44.7 Å². The Bertz CT molecular complexity index is 912. The predicted octanol–water partition coefficient (Wildman–Crippen LogP) is 3.81. The number of thioether (sulfide) groups is 1. The van der Waals surface area contributed by atoms with Gasteiger partial charge in [0.1, 0.15) is 0 Å². The van der Waals surface area contributed by atoms with Crippen LogP contribution in [0.2, 0.25) is 0 Å². The van der Waals surface area contributed by atoms with E-state index in [2.05, 4.69) is 40.1 Å². The highest BCUT2D eigenvalue weighted by molar-refractivity contribution is 8.02. The third kappa shape index (κ3) is 4.80. The Morgan fingerprint density at radius 1 is 1.00 bits per heavy atom. The van der Waals surface area contributed by atoms with Gasteiger partial charge in [-0.15, -0.1) is 0 Å². The largest absolute Gasteiger partial charge is 0.468 e. The van der Waals surface area contributed by atoms with E-state index in [9.17, 15) is 9.59 Å². The number of Topliss-reactive ketones (excluding diaryl/α,β-unsaturated/α-hetero) is 1. The fraction of sp³-hybridized carbons (Fsp3) is 0.440. The number of benzene rings is 2. The summed E-state index contributed by atoms with van der Waals surface area (Å²) in [5.41, 5.74) is 2.41. The molecule has 0 radical (unpaired) electrons. The molecule has 2 aromatic carbocycles. The second-order valence-electron chi connectivity index (χ2n) is 8.22. The maximum Gasteiger partial charge on any atom is 0.329 e. The number of methoxy groups -OCH3 is 1. The van der Waals surface area contributed by atoms with Gasteiger partial charge in [-0.1, -0.05) is 48.2 Å². The zero-order valence-electron chi connectivity index (χ0n) is 18.1. The highest BCUT2D eigenvalue weighted by atomic mass is 32.2. The molecule has 2 aliphatic heterocycles. The number of hydrogen-bond acceptors (Lipinski definition) is 6. The van der Waals surface area contributed by atoms with E-state index in [4.69, 9.17) is 4.74 Å². The number of para-hydroxylation sites is 1. The van der Waals surface area contributed by atoms with Crippen LogP contribution in [-0.4, -0.2) is 61.2 Å². The Labute approximate surface area is 188 Å². The number of rotatable bonds is 6. The van der Waals surface area contributed by atoms with Crippen LogP contribution in [0.15, 0.2) is 59.5 Å². The van der Waals surface area contributed by atoms with Crippen LogP contribution in [0.4, 0.5) is 5.69 Å². The maximum atomic E-state index is 13.1. The van der Waals surface area contributed by atoms with Gasteiger partial charge in [0, 0.05) is 43.2 Å². The average Bonchev–Trinajstić information content (AvgIpc) is 2.97. The Morgan fingerprint density at radius 2 is 1.71 bits per heavy atom. The van der Waals surface area contributed by atoms with E-state index in [1.54, 1.807) is 0 Å². The van der Waals surface area contributed by atoms with Crippen molar-refractivity contribution in [2.45, 2.75) is 35.3 Å². The first-order valence-corrected chi connectivity index (χ1v) is 11.8. The number of fused-ring (bicyclic) bond motifs is 1. The number of carbonyl (C=O) groups excluding carboxylic acids is 2. The minimum Gasteiger partial charge on any atom is -0.468 e. The number of ketones is 1. The third-order valence-electron chi connectivity index (χ3n) is 6.34. The zero-order chi connectivity index (χ0) is 21.7. The van der Waals surface area contributed by atoms with E-state index < -0.39 is 10.7 Å². The summed E-state index contributed by atoms with van der Waals surface area (Å²) in [5, 5.41) is 0. The van der Waals surface area contributed by atoms with Crippen molar-refractivity contribution >= 4 is 29.2 Å². The Morgan fingerprint density at radius 3 is 2.45 bits per heavy atom. The molecule has 0 amide bonds. The fourth-order valence-corrected chi connectivity index (χ4v) is 5.99. The highest BCUT2D eigenvalue weighted by Gasteiger charge is 2.48. The van der Waals surface area contributed by atoms with E-state index in [1.165, 1.54) is 24.6 Å². The molecule has 1 unspecified atom stereocenters. The first-order chi connectivity index (χ1) is 15.1. The number of carbonyl (C=O) groups is 2. The van der Waals surface area contributed by atoms with Crippen LogP contribution in [0.1, 0.15) is 24.8 Å². The topological polar surface area (TPSA) is 49.9 Å². The van der Waals surface area contributed by atoms with Crippen molar-refractivity contribution in [3.05, 3.63) is 60.2 Å². The summed E-state index contributed by atoms with van der Waals surface area (Å²) < 4.78 is 4.01. The molecule has 1 saturated heterocycles. The van der Waals surface area contributed by atoms with Crippen molar-refractivity contribution in [1.82, 2.24) is 4.90 Å². The Kier molecular flexibility index (Phi) is 6.98. The number of ether oxygens (including phenoxy) is 1. The average molecular weight is 439 g/mol. The van der Waals surface area contributed by atoms with Crippen molar-refractivity contribution in [2.24, 2.45) is 0 Å². The van der Waals surface area contributed by atoms with Crippen molar-refractivity contribution < 1.29 is 14.3 Å². The van der Waals surface area contributed by atoms with E-state index >= 15 is 0 Å². The molecule has 0 saturated carbocycles. The van der Waals surface area contributed by atoms with Gasteiger partial charge in [0.15, 0.2) is 10.5 Å². The molecule has 0 aromatic heterocycles. The zero-order valence-corrected chi connectivity index (χ0v) is 18.9. The lowest BCUT2D eigenvalue weighted by atomic mass is 9.93. The summed E-state index contributed by atoms with van der Waals surface area (Å²) in [4.78, 5) is 31.9. The maximum absolute atomic E-state index is 13.1. The van der Waals surface area contributed by atoms with Crippen molar-refractivity contribution in [1.29, 1.82) is 0 Å². The molecule has 31 heavy (non-hydrogen) atoms. The molecule has 1 atom stereocenters. The van der Waals surface area contributed by atoms with Crippen LogP contribution in [-0.2, 0) is 20.7 Å². The lowest BCUT2D eigenvalue weighted by Gasteiger charge is -2.36. The van der Waals surface area contributed by atoms with Gasteiger partial charge in [-0.05, 0) is 49.6 Å². The quantitative estimate of drug-likeness (QED) is 0.505. The van der Waals surface area contributed by atoms with Crippen LogP contribution in [0.3, 0.4) is 0 Å². The molecule has 6 heteroatoms. The second-order valence-corrected chi connectivity index (χ2v) is 9.56. The van der Waals surface area contributed by atoms with Gasteiger partial charge in [-0.3, -0.25) is 14.5 Å². The van der Waals surface area contributed by atoms with E-state index in [-0.39, 0.29) is 5.78 Å². The van der Waals surface area contributed by atoms with Gasteiger partial charge in [-0.2, -0.15) is 0 Å². The standard InChI is InChI=1S/C25H30N2O3S/c1-30-24(29)25(23(28)13-12-20-8-5-6-11-22(20)31-25)14-7-15-26-16-18-27(19-17-26)21-9-3-2-4-10-21/h2-6,8-11H,7,12-19H2,1H3. The molecule has 0 aliphatic carbocycles. The SMILES string of the molecule is COC(=O)C1(CCCN2CCN(c3ccccc3)CC2)Sc2ccccc2CCC1=O. The summed E-state index contributed by atoms with van der Waals surface area (Å²) in [5.74, 6) is -0.414. The summed E-state index contributed by atoms with van der Waals surface area (Å²) in [6.45, 7) is 4.85. The number of piperazine rings is 1. The molecule has 5 nitrogen and oxygen atoms in total. The monoisotopic (exact) mass is 438 g/mol. The van der Waals surface area contributed by atoms with Crippen molar-refractivity contribution in [3.8, 4) is 0 Å². The summed E-state index contributed by atoms with van der Waals surface area (Å²) in [6.07, 6.45) is 2.37. The summed E-state index contributed by atoms with van der Waals surface area (Å²) in [7, 11) is 1.39. The molecule has 0 bridgehead atoms. The highest BCUT2D eigenvalue weighted by Crippen LogP contribution is 2.43. The first kappa shape index (κ1) is 21.9. The normalized spacial score (nSPS) is 22.0. The van der Waals surface area contributed by atoms with E-state index in [0.717, 1.165) is 49.6 Å². The fourth-order valence-electron chi connectivity index (χ4n) is 4.54. The molecule has 1 fully saturated rings. The van der Waals surface area contributed by atoms with Gasteiger partial charge >= 0.3 is 5.97 Å². The second kappa shape index (κ2) is 9.88. The van der Waals surface area contributed by atoms with Gasteiger partial charge in [-0.25, -0.2) is 0 Å². The van der Waals surface area contributed by atoms with Crippen molar-refractivity contribution in [3.63, 3.8) is 0 Å². The van der Waals surface area contributed by atoms with Gasteiger partial charge in [0.05, 0.1) is 7.11 Å². The summed E-state index contributed by atoms with van der Waals surface area (Å²) in [6, 6.07) is 18.5. The van der Waals surface area contributed by atoms with Crippen LogP contribution in [0, 0.1) is 0 Å². The molecule has 2 aromatic rings. The van der Waals surface area contributed by atoms with Gasteiger partial charge < -0.3 is 9.64 Å². The lowest BCUT2D eigenvalue weighted by molar-refractivity contribution is -0.147. The number of aryl methyl sites for hydroxylation is 1. The Hall–Kier alpha value is -2.31. The molecule has 164 valence electrons. The predicted molar refractivity (Wildman–Crippen MR) is 125 cm³/mol. The lowest BCUT2D eigenvalue weighted by Crippen LogP contribution is -2.48. The molecule has 2 aliphatic rings. The molecular formula is C25H30N2O3S. The smallest absolute Gasteiger partial charge is 0.329 e. The summed E-state index contributed by atoms with van der Waals surface area (Å²) >= 11 is 1.40. The minimum absolute atomic E-state index is 0.00514. The third-order valence-corrected chi connectivity index (χ3v) is 7.91. The molecular weight excluding hydrogens is 408 g/mol. The number of hydrogen-bond donors (Lipinski definition) is 0. The molecule has 0 N–H and O–H groups in total. The first-order valence-electron chi connectivity index (χ1n) is 11.0. The molecule has 0 spiro atoms. The Balaban J connectivity index is 1.38. The van der Waals surface area contributed by atoms with Crippen LogP contribution in [0.5, 0.6) is 0 Å². The molecule has 4 rings (SSSR count). The van der Waals surface area contributed by atoms with Crippen LogP contribution < -0.4 is 4.90 Å². The number of nitrogens with zero attached hydrogens (tertiary/aromatic N) is 2. The molecule has 2 heterocycles. The van der Waals surface area contributed by atoms with Crippen LogP contribution in [0.25, 0.3) is 0 Å². The van der Waals surface area contributed by atoms with E-state index in [0.29, 0.717) is 19.3 Å². The van der Waals surface area contributed by atoms with E-state index in [1.807, 2.05) is 24.3 Å². The number of anilines is 1. The minimum atomic E-state index is -1.13. The van der Waals surface area contributed by atoms with Gasteiger partial charge in [0.2, 0.25) is 0 Å². The van der Waals surface area contributed by atoms with Crippen LogP contribution >= 0.6 is 11.8 Å².